The lowest BCUT2D eigenvalue weighted by atomic mass is 10.3. The Balaban J connectivity index is 1.98. The van der Waals surface area contributed by atoms with Gasteiger partial charge >= 0.3 is 6.03 Å². The third-order valence-corrected chi connectivity index (χ3v) is 3.00. The Morgan fingerprint density at radius 1 is 1.38 bits per heavy atom. The Morgan fingerprint density at radius 3 is 2.88 bits per heavy atom. The summed E-state index contributed by atoms with van der Waals surface area (Å²) in [6, 6.07) is 8.00. The standard InChI is InChI=1S/C16H18N4O4/c1-3-8-20(11-15(21)18-14-7-9-24-19-14)16(22)17-12-5-4-6-13(10-12)23-2/h3-7,9-10H,1,8,11H2,2H3,(H,17,22)(H,18,19,21). The maximum atomic E-state index is 12.4. The number of hydrogen-bond acceptors (Lipinski definition) is 5. The number of nitrogens with one attached hydrogen (secondary N) is 2. The van der Waals surface area contributed by atoms with Gasteiger partial charge in [-0.15, -0.1) is 6.58 Å². The van der Waals surface area contributed by atoms with Crippen molar-refractivity contribution in [2.45, 2.75) is 0 Å². The van der Waals surface area contributed by atoms with Gasteiger partial charge in [-0.3, -0.25) is 4.79 Å². The molecule has 0 radical (unpaired) electrons. The highest BCUT2D eigenvalue weighted by molar-refractivity contribution is 5.96. The molecule has 0 unspecified atom stereocenters. The number of anilines is 2. The number of methoxy groups -OCH3 is 1. The van der Waals surface area contributed by atoms with Crippen molar-refractivity contribution < 1.29 is 18.8 Å². The normalized spacial score (nSPS) is 9.88. The molecule has 1 aromatic heterocycles. The zero-order chi connectivity index (χ0) is 17.4. The first-order valence-corrected chi connectivity index (χ1v) is 7.13. The molecule has 2 rings (SSSR count). The fourth-order valence-electron chi connectivity index (χ4n) is 1.91. The van der Waals surface area contributed by atoms with Crippen LogP contribution in [-0.4, -0.2) is 42.2 Å². The van der Waals surface area contributed by atoms with Crippen molar-refractivity contribution in [1.82, 2.24) is 10.1 Å². The van der Waals surface area contributed by atoms with Crippen molar-refractivity contribution >= 4 is 23.4 Å². The highest BCUT2D eigenvalue weighted by Crippen LogP contribution is 2.17. The number of carbonyl (C=O) groups is 2. The molecule has 0 aliphatic rings. The van der Waals surface area contributed by atoms with Crippen LogP contribution in [0.15, 0.2) is 53.8 Å². The van der Waals surface area contributed by atoms with E-state index in [4.69, 9.17) is 4.74 Å². The van der Waals surface area contributed by atoms with E-state index in [-0.39, 0.29) is 18.9 Å². The molecule has 0 saturated heterocycles. The van der Waals surface area contributed by atoms with Gasteiger partial charge in [-0.05, 0) is 12.1 Å². The Morgan fingerprint density at radius 2 is 2.21 bits per heavy atom. The maximum absolute atomic E-state index is 12.4. The van der Waals surface area contributed by atoms with Crippen molar-refractivity contribution in [3.8, 4) is 5.75 Å². The lowest BCUT2D eigenvalue weighted by Crippen LogP contribution is -2.40. The molecule has 0 bridgehead atoms. The van der Waals surface area contributed by atoms with E-state index < -0.39 is 11.9 Å². The van der Waals surface area contributed by atoms with Crippen molar-refractivity contribution in [3.63, 3.8) is 0 Å². The molecule has 2 N–H and O–H groups in total. The van der Waals surface area contributed by atoms with Crippen molar-refractivity contribution in [2.75, 3.05) is 30.8 Å². The number of rotatable bonds is 7. The molecule has 0 aliphatic carbocycles. The van der Waals surface area contributed by atoms with Crippen LogP contribution in [0, 0.1) is 0 Å². The second-order valence-electron chi connectivity index (χ2n) is 4.76. The van der Waals surface area contributed by atoms with Gasteiger partial charge in [-0.25, -0.2) is 4.79 Å². The largest absolute Gasteiger partial charge is 0.497 e. The summed E-state index contributed by atoms with van der Waals surface area (Å²) in [7, 11) is 1.54. The quantitative estimate of drug-likeness (QED) is 0.760. The van der Waals surface area contributed by atoms with Crippen LogP contribution < -0.4 is 15.4 Å². The van der Waals surface area contributed by atoms with E-state index >= 15 is 0 Å². The van der Waals surface area contributed by atoms with Crippen LogP contribution in [0.25, 0.3) is 0 Å². The van der Waals surface area contributed by atoms with Gasteiger partial charge in [-0.1, -0.05) is 17.3 Å². The van der Waals surface area contributed by atoms with E-state index in [1.54, 1.807) is 31.4 Å². The topological polar surface area (TPSA) is 96.7 Å². The summed E-state index contributed by atoms with van der Waals surface area (Å²) in [5.74, 6) is 0.505. The van der Waals surface area contributed by atoms with Crippen molar-refractivity contribution in [1.29, 1.82) is 0 Å². The minimum atomic E-state index is -0.432. The minimum Gasteiger partial charge on any atom is -0.497 e. The molecular formula is C16H18N4O4. The van der Waals surface area contributed by atoms with Crippen LogP contribution in [0.3, 0.4) is 0 Å². The number of aromatic nitrogens is 1. The molecule has 126 valence electrons. The molecule has 0 spiro atoms. The first-order valence-electron chi connectivity index (χ1n) is 7.13. The molecule has 0 aliphatic heterocycles. The predicted octanol–water partition coefficient (Wildman–Crippen LogP) is 2.34. The second kappa shape index (κ2) is 8.37. The van der Waals surface area contributed by atoms with E-state index in [2.05, 4.69) is 26.9 Å². The number of hydrogen-bond donors (Lipinski definition) is 2. The van der Waals surface area contributed by atoms with Gasteiger partial charge < -0.3 is 24.8 Å². The van der Waals surface area contributed by atoms with Crippen LogP contribution in [0.4, 0.5) is 16.3 Å². The molecule has 8 nitrogen and oxygen atoms in total. The SMILES string of the molecule is C=CCN(CC(=O)Nc1ccon1)C(=O)Nc1cccc(OC)c1. The molecule has 0 saturated carbocycles. The van der Waals surface area contributed by atoms with E-state index in [9.17, 15) is 9.59 Å². The third-order valence-electron chi connectivity index (χ3n) is 3.00. The van der Waals surface area contributed by atoms with Gasteiger partial charge in [0.15, 0.2) is 5.82 Å². The molecule has 3 amide bonds. The van der Waals surface area contributed by atoms with E-state index in [0.717, 1.165) is 0 Å². The Hall–Kier alpha value is -3.29. The smallest absolute Gasteiger partial charge is 0.322 e. The predicted molar refractivity (Wildman–Crippen MR) is 88.9 cm³/mol. The van der Waals surface area contributed by atoms with Crippen LogP contribution in [-0.2, 0) is 4.79 Å². The summed E-state index contributed by atoms with van der Waals surface area (Å²) in [5.41, 5.74) is 0.560. The Kier molecular flexibility index (Phi) is 5.95. The molecule has 0 atom stereocenters. The average molecular weight is 330 g/mol. The highest BCUT2D eigenvalue weighted by atomic mass is 16.5. The first kappa shape index (κ1) is 17.1. The number of carbonyl (C=O) groups excluding carboxylic acids is 2. The van der Waals surface area contributed by atoms with E-state index in [1.165, 1.54) is 23.3 Å². The summed E-state index contributed by atoms with van der Waals surface area (Å²) >= 11 is 0. The maximum Gasteiger partial charge on any atom is 0.322 e. The van der Waals surface area contributed by atoms with Crippen LogP contribution in [0.1, 0.15) is 0 Å². The molecule has 0 fully saturated rings. The summed E-state index contributed by atoms with van der Waals surface area (Å²) in [6.45, 7) is 3.65. The third kappa shape index (κ3) is 4.87. The van der Waals surface area contributed by atoms with Gasteiger partial charge in [0.1, 0.15) is 18.6 Å². The Labute approximate surface area is 139 Å². The number of amides is 3. The van der Waals surface area contributed by atoms with Gasteiger partial charge in [0.2, 0.25) is 5.91 Å². The number of ether oxygens (including phenoxy) is 1. The summed E-state index contributed by atoms with van der Waals surface area (Å²) < 4.78 is 9.74. The lowest BCUT2D eigenvalue weighted by molar-refractivity contribution is -0.116. The summed E-state index contributed by atoms with van der Waals surface area (Å²) in [4.78, 5) is 25.6. The lowest BCUT2D eigenvalue weighted by Gasteiger charge is -2.21. The van der Waals surface area contributed by atoms with Gasteiger partial charge in [-0.2, -0.15) is 0 Å². The van der Waals surface area contributed by atoms with Crippen LogP contribution in [0.2, 0.25) is 0 Å². The average Bonchev–Trinajstić information content (AvgIpc) is 3.07. The summed E-state index contributed by atoms with van der Waals surface area (Å²) in [5, 5.41) is 8.82. The van der Waals surface area contributed by atoms with Gasteiger partial charge in [0, 0.05) is 24.4 Å². The fraction of sp³-hybridized carbons (Fsp3) is 0.188. The minimum absolute atomic E-state index is 0.158. The molecule has 1 aromatic carbocycles. The monoisotopic (exact) mass is 330 g/mol. The first-order chi connectivity index (χ1) is 11.6. The number of nitrogens with zero attached hydrogens (tertiary/aromatic N) is 2. The summed E-state index contributed by atoms with van der Waals surface area (Å²) in [6.07, 6.45) is 2.88. The zero-order valence-corrected chi connectivity index (χ0v) is 13.2. The number of urea groups is 1. The van der Waals surface area contributed by atoms with Gasteiger partial charge in [0.05, 0.1) is 7.11 Å². The molecule has 24 heavy (non-hydrogen) atoms. The zero-order valence-electron chi connectivity index (χ0n) is 13.2. The van der Waals surface area contributed by atoms with E-state index in [1.807, 2.05) is 0 Å². The fourth-order valence-corrected chi connectivity index (χ4v) is 1.91. The molecule has 1 heterocycles. The van der Waals surface area contributed by atoms with Crippen molar-refractivity contribution in [3.05, 3.63) is 49.2 Å². The van der Waals surface area contributed by atoms with Crippen LogP contribution >= 0.6 is 0 Å². The molecule has 2 aromatic rings. The Bertz CT molecular complexity index is 700. The number of benzene rings is 1. The highest BCUT2D eigenvalue weighted by Gasteiger charge is 2.17. The molecule has 8 heteroatoms. The second-order valence-corrected chi connectivity index (χ2v) is 4.76. The van der Waals surface area contributed by atoms with E-state index in [0.29, 0.717) is 11.4 Å². The molecular weight excluding hydrogens is 312 g/mol. The van der Waals surface area contributed by atoms with Crippen LogP contribution in [0.5, 0.6) is 5.75 Å². The van der Waals surface area contributed by atoms with Gasteiger partial charge in [0.25, 0.3) is 0 Å². The van der Waals surface area contributed by atoms with Crippen molar-refractivity contribution in [2.24, 2.45) is 0 Å².